The monoisotopic (exact) mass is 567 g/mol. The Hall–Kier alpha value is -1.45. The molecule has 0 bridgehead atoms. The first-order chi connectivity index (χ1) is 16.7. The Morgan fingerprint density at radius 1 is 0.919 bits per heavy atom. The summed E-state index contributed by atoms with van der Waals surface area (Å²) in [7, 11) is -9.69. The van der Waals surface area contributed by atoms with Crippen LogP contribution in [0.2, 0.25) is 0 Å². The number of ether oxygens (including phenoxy) is 1. The fraction of sp³-hybridized carbons (Fsp3) is 0.583. The largest absolute Gasteiger partial charge is 0.490 e. The fourth-order valence-electron chi connectivity index (χ4n) is 5.20. The maximum Gasteiger partial charge on any atom is 0.420 e. The molecule has 208 valence electrons. The van der Waals surface area contributed by atoms with Crippen molar-refractivity contribution in [2.45, 2.75) is 64.3 Å². The Morgan fingerprint density at radius 2 is 1.46 bits per heavy atom. The van der Waals surface area contributed by atoms with E-state index >= 15 is 0 Å². The normalized spacial score (nSPS) is 20.3. The van der Waals surface area contributed by atoms with E-state index in [-0.39, 0.29) is 33.6 Å². The lowest BCUT2D eigenvalue weighted by molar-refractivity contribution is -0.138. The molecule has 0 amide bonds. The highest BCUT2D eigenvalue weighted by Crippen LogP contribution is 2.49. The zero-order valence-electron chi connectivity index (χ0n) is 20.9. The van der Waals surface area contributed by atoms with Gasteiger partial charge in [-0.25, -0.2) is 0 Å². The predicted molar refractivity (Wildman–Crippen MR) is 134 cm³/mol. The summed E-state index contributed by atoms with van der Waals surface area (Å²) < 4.78 is 71.8. The Labute approximate surface area is 213 Å². The van der Waals surface area contributed by atoms with Crippen LogP contribution in [0.25, 0.3) is 10.8 Å². The Balaban J connectivity index is 2.01. The lowest BCUT2D eigenvalue weighted by Crippen LogP contribution is -2.44. The van der Waals surface area contributed by atoms with Gasteiger partial charge in [0.1, 0.15) is 11.3 Å². The van der Waals surface area contributed by atoms with E-state index in [1.165, 1.54) is 18.2 Å². The van der Waals surface area contributed by atoms with Crippen molar-refractivity contribution >= 4 is 26.0 Å². The molecule has 6 N–H and O–H groups in total. The molecule has 0 aliphatic heterocycles. The lowest BCUT2D eigenvalue weighted by atomic mass is 9.72. The minimum Gasteiger partial charge on any atom is -0.490 e. The third-order valence-corrected chi connectivity index (χ3v) is 8.96. The first-order valence-corrected chi connectivity index (χ1v) is 15.5. The molecule has 0 radical (unpaired) electrons. The second kappa shape index (κ2) is 10.3. The third kappa shape index (κ3) is 7.79. The quantitative estimate of drug-likeness (QED) is 0.281. The Bertz CT molecular complexity index is 1200. The number of nitrogens with two attached hydrogens (primary N) is 1. The molecule has 2 aromatic rings. The molecule has 0 unspecified atom stereocenters. The summed E-state index contributed by atoms with van der Waals surface area (Å²) in [4.78, 5) is 37.8. The summed E-state index contributed by atoms with van der Waals surface area (Å²) in [6.07, 6.45) is -4.35. The number of rotatable bonds is 7. The van der Waals surface area contributed by atoms with Crippen LogP contribution in [-0.4, -0.2) is 38.0 Å². The molecule has 3 rings (SSSR count). The first-order valence-electron chi connectivity index (χ1n) is 11.9. The van der Waals surface area contributed by atoms with Gasteiger partial charge in [0.15, 0.2) is 0 Å². The smallest absolute Gasteiger partial charge is 0.420 e. The molecule has 1 aliphatic carbocycles. The van der Waals surface area contributed by atoms with Gasteiger partial charge in [-0.2, -0.15) is 13.2 Å². The maximum atomic E-state index is 14.2. The van der Waals surface area contributed by atoms with E-state index in [0.717, 1.165) is 25.0 Å². The van der Waals surface area contributed by atoms with Crippen LogP contribution in [0.15, 0.2) is 30.3 Å². The highest BCUT2D eigenvalue weighted by atomic mass is 31.2. The van der Waals surface area contributed by atoms with Gasteiger partial charge in [-0.3, -0.25) is 9.13 Å². The molecular formula is C24H34F3NO7P2. The lowest BCUT2D eigenvalue weighted by Gasteiger charge is -2.37. The van der Waals surface area contributed by atoms with Crippen LogP contribution in [0.4, 0.5) is 13.2 Å². The topological polar surface area (TPSA) is 150 Å². The molecule has 13 heteroatoms. The van der Waals surface area contributed by atoms with Crippen LogP contribution >= 0.6 is 15.2 Å². The van der Waals surface area contributed by atoms with Gasteiger partial charge in [-0.05, 0) is 65.5 Å². The van der Waals surface area contributed by atoms with E-state index in [0.29, 0.717) is 18.8 Å². The highest BCUT2D eigenvalue weighted by Gasteiger charge is 2.42. The molecule has 0 spiro atoms. The number of hydrogen-bond acceptors (Lipinski definition) is 4. The van der Waals surface area contributed by atoms with Crippen molar-refractivity contribution in [2.24, 2.45) is 17.1 Å². The molecular weight excluding hydrogens is 533 g/mol. The number of fused-ring (bicyclic) bond motifs is 1. The van der Waals surface area contributed by atoms with Crippen LogP contribution in [-0.2, 0) is 20.8 Å². The molecule has 0 atom stereocenters. The van der Waals surface area contributed by atoms with Gasteiger partial charge in [0.05, 0.1) is 24.0 Å². The van der Waals surface area contributed by atoms with Gasteiger partial charge in [0, 0.05) is 0 Å². The SMILES string of the molecule is CC(C)(C)[C@H]1CC[C@H](Oc2ccc3cc(C(N)(CP(=O)(O)O)CP(=O)(O)O)ccc3c2C(F)(F)F)CC1. The predicted octanol–water partition coefficient (Wildman–Crippen LogP) is 5.35. The van der Waals surface area contributed by atoms with Gasteiger partial charge in [-0.15, -0.1) is 0 Å². The minimum absolute atomic E-state index is 0.0415. The fourth-order valence-corrected chi connectivity index (χ4v) is 7.44. The maximum absolute atomic E-state index is 14.2. The number of alkyl halides is 3. The molecule has 2 aromatic carbocycles. The number of benzene rings is 2. The number of halogens is 3. The molecule has 1 saturated carbocycles. The molecule has 1 aliphatic rings. The zero-order valence-corrected chi connectivity index (χ0v) is 22.7. The molecule has 8 nitrogen and oxygen atoms in total. The van der Waals surface area contributed by atoms with Crippen LogP contribution in [0, 0.1) is 11.3 Å². The van der Waals surface area contributed by atoms with E-state index in [4.69, 9.17) is 10.5 Å². The number of hydrogen-bond donors (Lipinski definition) is 5. The van der Waals surface area contributed by atoms with E-state index in [9.17, 15) is 41.9 Å². The highest BCUT2D eigenvalue weighted by molar-refractivity contribution is 7.53. The summed E-state index contributed by atoms with van der Waals surface area (Å²) in [5.41, 5.74) is 2.92. The molecule has 0 saturated heterocycles. The van der Waals surface area contributed by atoms with E-state index in [1.54, 1.807) is 0 Å². The minimum atomic E-state index is -4.85. The Morgan fingerprint density at radius 3 is 1.92 bits per heavy atom. The standard InChI is InChI=1S/C24H34F3NO7P2/c1-22(2,3)16-5-8-18(9-6-16)35-20-11-4-15-12-17(7-10-19(15)21(20)24(25,26)27)23(28,13-36(29,30)31)14-37(32,33)34/h4,7,10-12,16,18H,5-6,8-9,13-14,28H2,1-3H3,(H2,29,30,31)(H2,32,33,34)/t16-,18-. The van der Waals surface area contributed by atoms with Gasteiger partial charge < -0.3 is 30.0 Å². The van der Waals surface area contributed by atoms with Crippen molar-refractivity contribution in [1.82, 2.24) is 0 Å². The average Bonchev–Trinajstić information content (AvgIpc) is 2.69. The summed E-state index contributed by atoms with van der Waals surface area (Å²) >= 11 is 0. The zero-order chi connectivity index (χ0) is 28.0. The van der Waals surface area contributed by atoms with Gasteiger partial charge in [0.2, 0.25) is 0 Å². The van der Waals surface area contributed by atoms with Gasteiger partial charge >= 0.3 is 21.4 Å². The van der Waals surface area contributed by atoms with Crippen LogP contribution < -0.4 is 10.5 Å². The summed E-state index contributed by atoms with van der Waals surface area (Å²) in [5, 5.41) is -0.174. The molecule has 1 fully saturated rings. The van der Waals surface area contributed by atoms with Gasteiger partial charge in [0.25, 0.3) is 0 Å². The van der Waals surface area contributed by atoms with E-state index in [2.05, 4.69) is 20.8 Å². The van der Waals surface area contributed by atoms with Crippen molar-refractivity contribution in [2.75, 3.05) is 12.3 Å². The molecule has 0 aromatic heterocycles. The Kier molecular flexibility index (Phi) is 8.35. The van der Waals surface area contributed by atoms with E-state index in [1.807, 2.05) is 0 Å². The van der Waals surface area contributed by atoms with Crippen LogP contribution in [0.5, 0.6) is 5.75 Å². The first kappa shape index (κ1) is 30.1. The third-order valence-electron chi connectivity index (χ3n) is 7.01. The van der Waals surface area contributed by atoms with Crippen molar-refractivity contribution in [1.29, 1.82) is 0 Å². The van der Waals surface area contributed by atoms with Crippen molar-refractivity contribution in [3.8, 4) is 5.75 Å². The van der Waals surface area contributed by atoms with Crippen molar-refractivity contribution < 1.29 is 46.6 Å². The summed E-state index contributed by atoms with van der Waals surface area (Å²) in [6, 6.07) is 5.96. The van der Waals surface area contributed by atoms with Crippen LogP contribution in [0.1, 0.15) is 57.6 Å². The molecule has 37 heavy (non-hydrogen) atoms. The average molecular weight is 567 g/mol. The molecule has 0 heterocycles. The van der Waals surface area contributed by atoms with Crippen LogP contribution in [0.3, 0.4) is 0 Å². The van der Waals surface area contributed by atoms with Crippen molar-refractivity contribution in [3.05, 3.63) is 41.5 Å². The second-order valence-corrected chi connectivity index (χ2v) is 14.4. The summed E-state index contributed by atoms with van der Waals surface area (Å²) in [5.74, 6) is 0.152. The van der Waals surface area contributed by atoms with Gasteiger partial charge in [-0.1, -0.05) is 39.0 Å². The van der Waals surface area contributed by atoms with E-state index < -0.39 is 44.8 Å². The van der Waals surface area contributed by atoms with Crippen molar-refractivity contribution in [3.63, 3.8) is 0 Å². The second-order valence-electron chi connectivity index (χ2n) is 11.1. The summed E-state index contributed by atoms with van der Waals surface area (Å²) in [6.45, 7) is 6.44.